The largest absolute Gasteiger partial charge is 0.497 e. The van der Waals surface area contributed by atoms with Gasteiger partial charge < -0.3 is 19.5 Å². The summed E-state index contributed by atoms with van der Waals surface area (Å²) in [5.74, 6) is 1.76. The van der Waals surface area contributed by atoms with Crippen LogP contribution in [0.2, 0.25) is 0 Å². The van der Waals surface area contributed by atoms with Crippen LogP contribution in [0.5, 0.6) is 11.5 Å². The van der Waals surface area contributed by atoms with Crippen LogP contribution in [0.25, 0.3) is 0 Å². The van der Waals surface area contributed by atoms with E-state index in [4.69, 9.17) is 14.2 Å². The molecule has 1 aromatic carbocycles. The van der Waals surface area contributed by atoms with Crippen LogP contribution in [0, 0.1) is 0 Å². The van der Waals surface area contributed by atoms with Crippen LogP contribution in [0.3, 0.4) is 0 Å². The summed E-state index contributed by atoms with van der Waals surface area (Å²) in [6.07, 6.45) is 0.00917. The van der Waals surface area contributed by atoms with Gasteiger partial charge in [0, 0.05) is 24.2 Å². The van der Waals surface area contributed by atoms with Crippen molar-refractivity contribution < 1.29 is 14.2 Å². The Hall–Kier alpha value is -1.26. The second-order valence-corrected chi connectivity index (χ2v) is 6.11. The van der Waals surface area contributed by atoms with E-state index in [-0.39, 0.29) is 11.5 Å². The summed E-state index contributed by atoms with van der Waals surface area (Å²) in [7, 11) is 3.41. The van der Waals surface area contributed by atoms with E-state index >= 15 is 0 Å². The zero-order chi connectivity index (χ0) is 14.8. The fourth-order valence-electron chi connectivity index (χ4n) is 2.53. The van der Waals surface area contributed by atoms with E-state index in [2.05, 4.69) is 32.2 Å². The molecular formula is C16H25NO3. The number of nitrogens with one attached hydrogen (secondary N) is 1. The molecule has 1 unspecified atom stereocenters. The molecule has 112 valence electrons. The van der Waals surface area contributed by atoms with Crippen LogP contribution in [0.1, 0.15) is 38.0 Å². The van der Waals surface area contributed by atoms with E-state index in [9.17, 15) is 0 Å². The average Bonchev–Trinajstić information content (AvgIpc) is 2.45. The minimum absolute atomic E-state index is 0.00917. The second kappa shape index (κ2) is 6.02. The Labute approximate surface area is 121 Å². The molecule has 4 heteroatoms. The summed E-state index contributed by atoms with van der Waals surface area (Å²) >= 11 is 0. The van der Waals surface area contributed by atoms with Gasteiger partial charge in [-0.1, -0.05) is 20.8 Å². The Balaban J connectivity index is 2.53. The van der Waals surface area contributed by atoms with Crippen molar-refractivity contribution in [1.29, 1.82) is 0 Å². The van der Waals surface area contributed by atoms with Gasteiger partial charge in [-0.3, -0.25) is 0 Å². The standard InChI is InChI=1S/C16H25NO3/c1-16(2,3)13-9-11(18-4)8-12(15(13)19-5)14-10-17-6-7-20-14/h8-9,14,17H,6-7,10H2,1-5H3. The molecule has 1 N–H and O–H groups in total. The SMILES string of the molecule is COc1cc(C2CNCCO2)c(OC)c(C(C)(C)C)c1. The van der Waals surface area contributed by atoms with Crippen molar-refractivity contribution >= 4 is 0 Å². The lowest BCUT2D eigenvalue weighted by Gasteiger charge is -2.30. The molecule has 1 aliphatic rings. The Kier molecular flexibility index (Phi) is 4.55. The highest BCUT2D eigenvalue weighted by molar-refractivity contribution is 5.51. The molecule has 4 nitrogen and oxygen atoms in total. The zero-order valence-corrected chi connectivity index (χ0v) is 13.1. The average molecular weight is 279 g/mol. The monoisotopic (exact) mass is 279 g/mol. The number of hydrogen-bond acceptors (Lipinski definition) is 4. The molecule has 0 aromatic heterocycles. The molecule has 0 bridgehead atoms. The van der Waals surface area contributed by atoms with Gasteiger partial charge in [-0.15, -0.1) is 0 Å². The number of morpholine rings is 1. The van der Waals surface area contributed by atoms with Crippen molar-refractivity contribution in [2.75, 3.05) is 33.9 Å². The zero-order valence-electron chi connectivity index (χ0n) is 13.1. The van der Waals surface area contributed by atoms with Crippen molar-refractivity contribution in [2.45, 2.75) is 32.3 Å². The maximum atomic E-state index is 5.88. The Morgan fingerprint density at radius 3 is 2.45 bits per heavy atom. The predicted octanol–water partition coefficient (Wildman–Crippen LogP) is 2.66. The molecule has 0 amide bonds. The molecule has 1 atom stereocenters. The van der Waals surface area contributed by atoms with Gasteiger partial charge in [-0.2, -0.15) is 0 Å². The molecular weight excluding hydrogens is 254 g/mol. The van der Waals surface area contributed by atoms with Gasteiger partial charge >= 0.3 is 0 Å². The molecule has 1 saturated heterocycles. The third-order valence-corrected chi connectivity index (χ3v) is 3.61. The van der Waals surface area contributed by atoms with Crippen molar-refractivity contribution in [3.8, 4) is 11.5 Å². The van der Waals surface area contributed by atoms with Crippen LogP contribution in [0.4, 0.5) is 0 Å². The summed E-state index contributed by atoms with van der Waals surface area (Å²) in [6, 6.07) is 4.07. The summed E-state index contributed by atoms with van der Waals surface area (Å²) in [5.41, 5.74) is 2.18. The molecule has 2 rings (SSSR count). The second-order valence-electron chi connectivity index (χ2n) is 6.11. The Morgan fingerprint density at radius 2 is 1.95 bits per heavy atom. The predicted molar refractivity (Wildman–Crippen MR) is 79.8 cm³/mol. The van der Waals surface area contributed by atoms with Gasteiger partial charge in [0.1, 0.15) is 11.5 Å². The van der Waals surface area contributed by atoms with Gasteiger partial charge in [0.25, 0.3) is 0 Å². The summed E-state index contributed by atoms with van der Waals surface area (Å²) in [4.78, 5) is 0. The first-order chi connectivity index (χ1) is 9.47. The first kappa shape index (κ1) is 15.1. The molecule has 1 aliphatic heterocycles. The highest BCUT2D eigenvalue weighted by Crippen LogP contribution is 2.40. The van der Waals surface area contributed by atoms with Gasteiger partial charge in [0.05, 0.1) is 26.9 Å². The third-order valence-electron chi connectivity index (χ3n) is 3.61. The van der Waals surface area contributed by atoms with Crippen LogP contribution in [-0.4, -0.2) is 33.9 Å². The third kappa shape index (κ3) is 3.07. The van der Waals surface area contributed by atoms with Crippen LogP contribution in [-0.2, 0) is 10.2 Å². The summed E-state index contributed by atoms with van der Waals surface area (Å²) < 4.78 is 17.0. The number of rotatable bonds is 3. The molecule has 0 saturated carbocycles. The lowest BCUT2D eigenvalue weighted by molar-refractivity contribution is 0.0260. The number of methoxy groups -OCH3 is 2. The minimum Gasteiger partial charge on any atom is -0.497 e. The van der Waals surface area contributed by atoms with E-state index in [0.717, 1.165) is 42.3 Å². The molecule has 0 aliphatic carbocycles. The molecule has 1 fully saturated rings. The highest BCUT2D eigenvalue weighted by atomic mass is 16.5. The molecule has 0 spiro atoms. The van der Waals surface area contributed by atoms with E-state index < -0.39 is 0 Å². The quantitative estimate of drug-likeness (QED) is 0.923. The summed E-state index contributed by atoms with van der Waals surface area (Å²) in [5, 5.41) is 3.36. The fraction of sp³-hybridized carbons (Fsp3) is 0.625. The highest BCUT2D eigenvalue weighted by Gasteiger charge is 2.27. The Bertz CT molecular complexity index is 460. The minimum atomic E-state index is -0.0171. The van der Waals surface area contributed by atoms with Crippen molar-refractivity contribution in [3.63, 3.8) is 0 Å². The summed E-state index contributed by atoms with van der Waals surface area (Å²) in [6.45, 7) is 8.94. The van der Waals surface area contributed by atoms with Crippen LogP contribution in [0.15, 0.2) is 12.1 Å². The first-order valence-corrected chi connectivity index (χ1v) is 7.06. The first-order valence-electron chi connectivity index (χ1n) is 7.06. The number of ether oxygens (including phenoxy) is 3. The fourth-order valence-corrected chi connectivity index (χ4v) is 2.53. The molecule has 20 heavy (non-hydrogen) atoms. The molecule has 1 aromatic rings. The van der Waals surface area contributed by atoms with E-state index in [0.29, 0.717) is 0 Å². The maximum absolute atomic E-state index is 5.88. The van der Waals surface area contributed by atoms with Crippen molar-refractivity contribution in [2.24, 2.45) is 0 Å². The van der Waals surface area contributed by atoms with Crippen LogP contribution >= 0.6 is 0 Å². The van der Waals surface area contributed by atoms with Gasteiger partial charge in [0.15, 0.2) is 0 Å². The van der Waals surface area contributed by atoms with E-state index in [1.165, 1.54) is 0 Å². The number of benzene rings is 1. The number of hydrogen-bond donors (Lipinski definition) is 1. The van der Waals surface area contributed by atoms with Crippen LogP contribution < -0.4 is 14.8 Å². The van der Waals surface area contributed by atoms with Gasteiger partial charge in [-0.05, 0) is 17.5 Å². The van der Waals surface area contributed by atoms with Crippen molar-refractivity contribution in [3.05, 3.63) is 23.3 Å². The van der Waals surface area contributed by atoms with Gasteiger partial charge in [-0.25, -0.2) is 0 Å². The normalized spacial score (nSPS) is 19.8. The van der Waals surface area contributed by atoms with Gasteiger partial charge in [0.2, 0.25) is 0 Å². The van der Waals surface area contributed by atoms with E-state index in [1.807, 2.05) is 6.07 Å². The Morgan fingerprint density at radius 1 is 1.20 bits per heavy atom. The van der Waals surface area contributed by atoms with E-state index in [1.54, 1.807) is 14.2 Å². The molecule has 1 heterocycles. The molecule has 0 radical (unpaired) electrons. The lowest BCUT2D eigenvalue weighted by Crippen LogP contribution is -2.33. The smallest absolute Gasteiger partial charge is 0.128 e. The lowest BCUT2D eigenvalue weighted by atomic mass is 9.84. The maximum Gasteiger partial charge on any atom is 0.128 e. The topological polar surface area (TPSA) is 39.7 Å². The van der Waals surface area contributed by atoms with Crippen molar-refractivity contribution in [1.82, 2.24) is 5.32 Å².